The van der Waals surface area contributed by atoms with E-state index < -0.39 is 11.9 Å². The van der Waals surface area contributed by atoms with Gasteiger partial charge in [0.25, 0.3) is 0 Å². The number of carbonyl (C=O) groups excluding carboxylic acids is 2. The Kier molecular flexibility index (Phi) is 5.26. The summed E-state index contributed by atoms with van der Waals surface area (Å²) in [5, 5.41) is 5.80. The van der Waals surface area contributed by atoms with Gasteiger partial charge >= 0.3 is 0 Å². The minimum absolute atomic E-state index is 0. The summed E-state index contributed by atoms with van der Waals surface area (Å²) >= 11 is 5.64. The number of amides is 2. The number of hydrogen-bond acceptors (Lipinski definition) is 3. The number of benzene rings is 1. The lowest BCUT2D eigenvalue weighted by molar-refractivity contribution is -0.130. The molecule has 120 valence electrons. The summed E-state index contributed by atoms with van der Waals surface area (Å²) < 4.78 is 13.5. The van der Waals surface area contributed by atoms with Crippen LogP contribution < -0.4 is 15.5 Å². The van der Waals surface area contributed by atoms with Crippen LogP contribution in [0.3, 0.4) is 0 Å². The van der Waals surface area contributed by atoms with E-state index in [1.165, 1.54) is 17.0 Å². The van der Waals surface area contributed by atoms with Gasteiger partial charge in [0.1, 0.15) is 11.9 Å². The van der Waals surface area contributed by atoms with Gasteiger partial charge in [-0.25, -0.2) is 4.39 Å². The van der Waals surface area contributed by atoms with Crippen molar-refractivity contribution in [1.82, 2.24) is 10.6 Å². The molecule has 2 aliphatic heterocycles. The minimum Gasteiger partial charge on any atom is -0.344 e. The first-order valence-corrected chi connectivity index (χ1v) is 7.21. The summed E-state index contributed by atoms with van der Waals surface area (Å²) in [6, 6.07) is 3.73. The number of nitrogens with one attached hydrogen (secondary N) is 2. The SMILES string of the molecule is Cl.O=C(NC1CCN(c2ccc(Cl)c(F)c2)C1=O)C1CNC1. The predicted octanol–water partition coefficient (Wildman–Crippen LogP) is 1.34. The highest BCUT2D eigenvalue weighted by atomic mass is 35.5. The first kappa shape index (κ1) is 17.0. The highest BCUT2D eigenvalue weighted by Gasteiger charge is 2.36. The van der Waals surface area contributed by atoms with E-state index in [9.17, 15) is 14.0 Å². The van der Waals surface area contributed by atoms with Crippen LogP contribution in [-0.4, -0.2) is 37.5 Å². The summed E-state index contributed by atoms with van der Waals surface area (Å²) in [4.78, 5) is 25.7. The van der Waals surface area contributed by atoms with Gasteiger partial charge in [0, 0.05) is 25.3 Å². The maximum atomic E-state index is 13.5. The summed E-state index contributed by atoms with van der Waals surface area (Å²) in [5.74, 6) is -0.927. The Morgan fingerprint density at radius 3 is 2.73 bits per heavy atom. The van der Waals surface area contributed by atoms with Crippen LogP contribution in [0.25, 0.3) is 0 Å². The molecule has 3 rings (SSSR count). The first-order valence-electron chi connectivity index (χ1n) is 6.84. The number of hydrogen-bond donors (Lipinski definition) is 2. The molecule has 1 aromatic rings. The van der Waals surface area contributed by atoms with Crippen LogP contribution in [0.4, 0.5) is 10.1 Å². The molecule has 0 aliphatic carbocycles. The lowest BCUT2D eigenvalue weighted by Gasteiger charge is -2.27. The molecule has 0 bridgehead atoms. The Hall–Kier alpha value is -1.37. The quantitative estimate of drug-likeness (QED) is 0.867. The van der Waals surface area contributed by atoms with Crippen LogP contribution >= 0.6 is 24.0 Å². The molecule has 22 heavy (non-hydrogen) atoms. The molecule has 0 saturated carbocycles. The van der Waals surface area contributed by atoms with Crippen LogP contribution in [-0.2, 0) is 9.59 Å². The molecule has 0 radical (unpaired) electrons. The third kappa shape index (κ3) is 3.19. The first-order chi connectivity index (χ1) is 10.1. The Balaban J connectivity index is 0.00000176. The van der Waals surface area contributed by atoms with E-state index in [1.807, 2.05) is 0 Å². The van der Waals surface area contributed by atoms with Crippen LogP contribution in [0.15, 0.2) is 18.2 Å². The molecule has 2 aliphatic rings. The zero-order valence-corrected chi connectivity index (χ0v) is 13.2. The molecule has 1 aromatic carbocycles. The predicted molar refractivity (Wildman–Crippen MR) is 83.9 cm³/mol. The Morgan fingerprint density at radius 2 is 2.14 bits per heavy atom. The van der Waals surface area contributed by atoms with Gasteiger partial charge in [0.15, 0.2) is 0 Å². The van der Waals surface area contributed by atoms with Gasteiger partial charge in [-0.3, -0.25) is 9.59 Å². The van der Waals surface area contributed by atoms with Crippen molar-refractivity contribution in [3.63, 3.8) is 0 Å². The summed E-state index contributed by atoms with van der Waals surface area (Å²) in [7, 11) is 0. The molecule has 2 heterocycles. The average Bonchev–Trinajstić information content (AvgIpc) is 2.72. The van der Waals surface area contributed by atoms with Gasteiger partial charge in [-0.1, -0.05) is 11.6 Å². The fourth-order valence-corrected chi connectivity index (χ4v) is 2.60. The lowest BCUT2D eigenvalue weighted by Crippen LogP contribution is -2.54. The topological polar surface area (TPSA) is 61.4 Å². The van der Waals surface area contributed by atoms with Crippen molar-refractivity contribution in [2.45, 2.75) is 12.5 Å². The largest absolute Gasteiger partial charge is 0.344 e. The smallest absolute Gasteiger partial charge is 0.249 e. The summed E-state index contributed by atoms with van der Waals surface area (Å²) in [6.07, 6.45) is 0.523. The second kappa shape index (κ2) is 6.81. The zero-order valence-electron chi connectivity index (χ0n) is 11.6. The number of nitrogens with zero attached hydrogens (tertiary/aromatic N) is 1. The van der Waals surface area contributed by atoms with Crippen molar-refractivity contribution in [3.05, 3.63) is 29.0 Å². The summed E-state index contributed by atoms with van der Waals surface area (Å²) in [5.41, 5.74) is 0.462. The fraction of sp³-hybridized carbons (Fsp3) is 0.429. The molecular formula is C14H16Cl2FN3O2. The summed E-state index contributed by atoms with van der Waals surface area (Å²) in [6.45, 7) is 1.76. The van der Waals surface area contributed by atoms with Crippen molar-refractivity contribution in [2.75, 3.05) is 24.5 Å². The molecule has 2 fully saturated rings. The molecule has 8 heteroatoms. The molecule has 1 unspecified atom stereocenters. The highest BCUT2D eigenvalue weighted by molar-refractivity contribution is 6.30. The molecule has 2 saturated heterocycles. The van der Waals surface area contributed by atoms with E-state index in [1.54, 1.807) is 6.07 Å². The van der Waals surface area contributed by atoms with Gasteiger partial charge in [0.05, 0.1) is 10.9 Å². The van der Waals surface area contributed by atoms with E-state index >= 15 is 0 Å². The molecule has 5 nitrogen and oxygen atoms in total. The van der Waals surface area contributed by atoms with E-state index in [-0.39, 0.29) is 35.2 Å². The normalized spacial score (nSPS) is 21.3. The van der Waals surface area contributed by atoms with E-state index in [0.717, 1.165) is 0 Å². The molecule has 2 amide bonds. The van der Waals surface area contributed by atoms with Crippen molar-refractivity contribution >= 4 is 41.5 Å². The van der Waals surface area contributed by atoms with Crippen molar-refractivity contribution in [1.29, 1.82) is 0 Å². The van der Waals surface area contributed by atoms with Crippen molar-refractivity contribution in [3.8, 4) is 0 Å². The van der Waals surface area contributed by atoms with Crippen LogP contribution in [0, 0.1) is 11.7 Å². The average molecular weight is 348 g/mol. The maximum absolute atomic E-state index is 13.5. The molecule has 0 aromatic heterocycles. The Labute approximate surface area is 138 Å². The maximum Gasteiger partial charge on any atom is 0.249 e. The zero-order chi connectivity index (χ0) is 15.0. The van der Waals surface area contributed by atoms with Gasteiger partial charge in [-0.05, 0) is 24.6 Å². The second-order valence-corrected chi connectivity index (χ2v) is 5.70. The van der Waals surface area contributed by atoms with Crippen molar-refractivity contribution in [2.24, 2.45) is 5.92 Å². The molecular weight excluding hydrogens is 332 g/mol. The number of carbonyl (C=O) groups is 2. The third-order valence-corrected chi connectivity index (χ3v) is 4.20. The van der Waals surface area contributed by atoms with E-state index in [4.69, 9.17) is 11.6 Å². The molecule has 2 N–H and O–H groups in total. The van der Waals surface area contributed by atoms with Crippen LogP contribution in [0.2, 0.25) is 5.02 Å². The van der Waals surface area contributed by atoms with Gasteiger partial charge in [0.2, 0.25) is 11.8 Å². The number of halogens is 3. The van der Waals surface area contributed by atoms with Gasteiger partial charge < -0.3 is 15.5 Å². The van der Waals surface area contributed by atoms with E-state index in [0.29, 0.717) is 31.7 Å². The van der Waals surface area contributed by atoms with Gasteiger partial charge in [-0.2, -0.15) is 0 Å². The van der Waals surface area contributed by atoms with Gasteiger partial charge in [-0.15, -0.1) is 12.4 Å². The monoisotopic (exact) mass is 347 g/mol. The second-order valence-electron chi connectivity index (χ2n) is 5.29. The number of anilines is 1. The highest BCUT2D eigenvalue weighted by Crippen LogP contribution is 2.26. The van der Waals surface area contributed by atoms with Crippen LogP contribution in [0.5, 0.6) is 0 Å². The number of rotatable bonds is 3. The van der Waals surface area contributed by atoms with E-state index in [2.05, 4.69) is 10.6 Å². The standard InChI is InChI=1S/C14H15ClFN3O2.ClH/c15-10-2-1-9(5-11(10)16)19-4-3-12(14(19)21)18-13(20)8-6-17-7-8;/h1-2,5,8,12,17H,3-4,6-7H2,(H,18,20);1H. The van der Waals surface area contributed by atoms with Crippen molar-refractivity contribution < 1.29 is 14.0 Å². The fourth-order valence-electron chi connectivity index (χ4n) is 2.49. The lowest BCUT2D eigenvalue weighted by atomic mass is 10.0. The Morgan fingerprint density at radius 1 is 1.41 bits per heavy atom. The van der Waals surface area contributed by atoms with Crippen LogP contribution in [0.1, 0.15) is 6.42 Å². The third-order valence-electron chi connectivity index (χ3n) is 3.89. The minimum atomic E-state index is -0.560. The molecule has 0 spiro atoms. The Bertz CT molecular complexity index is 595. The molecule has 1 atom stereocenters.